The summed E-state index contributed by atoms with van der Waals surface area (Å²) in [5.41, 5.74) is 2.83. The number of carbonyl (C=O) groups excluding carboxylic acids is 2. The molecule has 0 radical (unpaired) electrons. The Morgan fingerprint density at radius 2 is 1.73 bits per heavy atom. The lowest BCUT2D eigenvalue weighted by molar-refractivity contribution is -0.111. The van der Waals surface area contributed by atoms with Crippen LogP contribution < -0.4 is 10.1 Å². The van der Waals surface area contributed by atoms with Crippen LogP contribution in [0.3, 0.4) is 0 Å². The number of amides is 1. The molecule has 6 heteroatoms. The highest BCUT2D eigenvalue weighted by Gasteiger charge is 2.22. The molecule has 3 rings (SSSR count). The van der Waals surface area contributed by atoms with Crippen LogP contribution in [0, 0.1) is 0 Å². The molecule has 30 heavy (non-hydrogen) atoms. The minimum absolute atomic E-state index is 0.249. The molecule has 0 bridgehead atoms. The lowest BCUT2D eigenvalue weighted by atomic mass is 10.0. The molecular formula is C24H23NO4S. The number of hydrogen-bond acceptors (Lipinski definition) is 5. The van der Waals surface area contributed by atoms with Crippen molar-refractivity contribution in [2.24, 2.45) is 0 Å². The van der Waals surface area contributed by atoms with E-state index in [0.29, 0.717) is 22.7 Å². The van der Waals surface area contributed by atoms with Gasteiger partial charge in [0.1, 0.15) is 16.3 Å². The SMILES string of the molecule is CCOC(=O)c1c(-c2ccc(OCC)cc2)csc1NC(=O)/C=C/c1ccccc1. The van der Waals surface area contributed by atoms with Crippen LogP contribution in [0.4, 0.5) is 5.00 Å². The van der Waals surface area contributed by atoms with Crippen molar-refractivity contribution < 1.29 is 19.1 Å². The Labute approximate surface area is 180 Å². The molecule has 0 spiro atoms. The van der Waals surface area contributed by atoms with E-state index in [-0.39, 0.29) is 12.5 Å². The second kappa shape index (κ2) is 10.4. The maximum atomic E-state index is 12.6. The first-order chi connectivity index (χ1) is 14.6. The molecule has 0 saturated carbocycles. The molecule has 0 saturated heterocycles. The fourth-order valence-corrected chi connectivity index (χ4v) is 3.82. The average molecular weight is 422 g/mol. The Kier molecular flexibility index (Phi) is 7.40. The van der Waals surface area contributed by atoms with Gasteiger partial charge in [0.25, 0.3) is 0 Å². The highest BCUT2D eigenvalue weighted by atomic mass is 32.1. The van der Waals surface area contributed by atoms with Crippen molar-refractivity contribution in [3.63, 3.8) is 0 Å². The summed E-state index contributed by atoms with van der Waals surface area (Å²) < 4.78 is 10.7. The number of anilines is 1. The predicted octanol–water partition coefficient (Wildman–Crippen LogP) is 5.64. The molecule has 0 aliphatic rings. The third-order valence-electron chi connectivity index (χ3n) is 4.21. The monoisotopic (exact) mass is 421 g/mol. The normalized spacial score (nSPS) is 10.7. The topological polar surface area (TPSA) is 64.6 Å². The van der Waals surface area contributed by atoms with Crippen molar-refractivity contribution in [3.8, 4) is 16.9 Å². The van der Waals surface area contributed by atoms with Gasteiger partial charge in [0, 0.05) is 17.0 Å². The van der Waals surface area contributed by atoms with E-state index in [0.717, 1.165) is 16.9 Å². The number of ether oxygens (including phenoxy) is 2. The van der Waals surface area contributed by atoms with Crippen LogP contribution in [0.2, 0.25) is 0 Å². The summed E-state index contributed by atoms with van der Waals surface area (Å²) in [5.74, 6) is -0.0248. The van der Waals surface area contributed by atoms with Crippen molar-refractivity contribution >= 4 is 34.3 Å². The maximum Gasteiger partial charge on any atom is 0.341 e. The number of thiophene rings is 1. The molecule has 2 aromatic carbocycles. The predicted molar refractivity (Wildman–Crippen MR) is 121 cm³/mol. The Hall–Kier alpha value is -3.38. The molecular weight excluding hydrogens is 398 g/mol. The van der Waals surface area contributed by atoms with Gasteiger partial charge < -0.3 is 14.8 Å². The molecule has 0 atom stereocenters. The fraction of sp³-hybridized carbons (Fsp3) is 0.167. The Bertz CT molecular complexity index is 1020. The van der Waals surface area contributed by atoms with Crippen molar-refractivity contribution in [1.82, 2.24) is 0 Å². The van der Waals surface area contributed by atoms with Crippen molar-refractivity contribution in [2.75, 3.05) is 18.5 Å². The summed E-state index contributed by atoms with van der Waals surface area (Å²) in [6.07, 6.45) is 3.17. The molecule has 0 aliphatic heterocycles. The molecule has 1 aromatic heterocycles. The summed E-state index contributed by atoms with van der Waals surface area (Å²) in [4.78, 5) is 25.1. The fourth-order valence-electron chi connectivity index (χ4n) is 2.86. The zero-order chi connectivity index (χ0) is 21.3. The van der Waals surface area contributed by atoms with Crippen LogP contribution in [-0.4, -0.2) is 25.1 Å². The molecule has 0 fully saturated rings. The third kappa shape index (κ3) is 5.36. The van der Waals surface area contributed by atoms with Crippen LogP contribution in [0.15, 0.2) is 66.1 Å². The largest absolute Gasteiger partial charge is 0.494 e. The van der Waals surface area contributed by atoms with Crippen molar-refractivity contribution in [3.05, 3.63) is 77.2 Å². The Morgan fingerprint density at radius 1 is 1.00 bits per heavy atom. The van der Waals surface area contributed by atoms with E-state index >= 15 is 0 Å². The Morgan fingerprint density at radius 3 is 2.40 bits per heavy atom. The summed E-state index contributed by atoms with van der Waals surface area (Å²) in [5, 5.41) is 5.11. The van der Waals surface area contributed by atoms with Gasteiger partial charge in [-0.2, -0.15) is 0 Å². The molecule has 1 N–H and O–H groups in total. The molecule has 3 aromatic rings. The van der Waals surface area contributed by atoms with Gasteiger partial charge in [0.2, 0.25) is 5.91 Å². The molecule has 0 unspecified atom stereocenters. The van der Waals surface area contributed by atoms with Gasteiger partial charge in [-0.05, 0) is 43.2 Å². The smallest absolute Gasteiger partial charge is 0.341 e. The van der Waals surface area contributed by atoms with Crippen LogP contribution in [-0.2, 0) is 9.53 Å². The minimum Gasteiger partial charge on any atom is -0.494 e. The van der Waals surface area contributed by atoms with E-state index in [2.05, 4.69) is 5.32 Å². The zero-order valence-corrected chi connectivity index (χ0v) is 17.7. The minimum atomic E-state index is -0.468. The van der Waals surface area contributed by atoms with E-state index in [1.54, 1.807) is 13.0 Å². The summed E-state index contributed by atoms with van der Waals surface area (Å²) in [7, 11) is 0. The van der Waals surface area contributed by atoms with Crippen LogP contribution >= 0.6 is 11.3 Å². The number of benzene rings is 2. The van der Waals surface area contributed by atoms with E-state index in [4.69, 9.17) is 9.47 Å². The first-order valence-electron chi connectivity index (χ1n) is 9.68. The second-order valence-corrected chi connectivity index (χ2v) is 7.14. The second-order valence-electron chi connectivity index (χ2n) is 6.26. The van der Waals surface area contributed by atoms with E-state index in [1.807, 2.05) is 66.9 Å². The highest BCUT2D eigenvalue weighted by molar-refractivity contribution is 7.15. The summed E-state index contributed by atoms with van der Waals surface area (Å²) >= 11 is 1.29. The summed E-state index contributed by atoms with van der Waals surface area (Å²) in [6, 6.07) is 17.0. The van der Waals surface area contributed by atoms with Gasteiger partial charge in [0.05, 0.1) is 13.2 Å². The van der Waals surface area contributed by atoms with Gasteiger partial charge in [-0.1, -0.05) is 42.5 Å². The molecule has 0 aliphatic carbocycles. The van der Waals surface area contributed by atoms with E-state index in [9.17, 15) is 9.59 Å². The lowest BCUT2D eigenvalue weighted by Crippen LogP contribution is -2.12. The zero-order valence-electron chi connectivity index (χ0n) is 16.9. The number of nitrogens with one attached hydrogen (secondary N) is 1. The van der Waals surface area contributed by atoms with E-state index < -0.39 is 5.97 Å². The van der Waals surface area contributed by atoms with Gasteiger partial charge in [-0.3, -0.25) is 4.79 Å². The maximum absolute atomic E-state index is 12.6. The molecule has 1 heterocycles. The quantitative estimate of drug-likeness (QED) is 0.377. The Balaban J connectivity index is 1.86. The van der Waals surface area contributed by atoms with Gasteiger partial charge >= 0.3 is 5.97 Å². The van der Waals surface area contributed by atoms with Gasteiger partial charge in [-0.15, -0.1) is 11.3 Å². The van der Waals surface area contributed by atoms with Gasteiger partial charge in [-0.25, -0.2) is 4.79 Å². The first kappa shape index (κ1) is 21.3. The van der Waals surface area contributed by atoms with Gasteiger partial charge in [0.15, 0.2) is 0 Å². The average Bonchev–Trinajstić information content (AvgIpc) is 3.17. The van der Waals surface area contributed by atoms with Crippen molar-refractivity contribution in [2.45, 2.75) is 13.8 Å². The van der Waals surface area contributed by atoms with Crippen LogP contribution in [0.1, 0.15) is 29.8 Å². The number of hydrogen-bond donors (Lipinski definition) is 1. The molecule has 154 valence electrons. The third-order valence-corrected chi connectivity index (χ3v) is 5.11. The molecule has 1 amide bonds. The van der Waals surface area contributed by atoms with Crippen LogP contribution in [0.25, 0.3) is 17.2 Å². The lowest BCUT2D eigenvalue weighted by Gasteiger charge is -2.09. The van der Waals surface area contributed by atoms with Crippen molar-refractivity contribution in [1.29, 1.82) is 0 Å². The first-order valence-corrected chi connectivity index (χ1v) is 10.6. The highest BCUT2D eigenvalue weighted by Crippen LogP contribution is 2.37. The molecule has 5 nitrogen and oxygen atoms in total. The summed E-state index contributed by atoms with van der Waals surface area (Å²) in [6.45, 7) is 4.51. The standard InChI is InChI=1S/C24H23NO4S/c1-3-28-19-13-11-18(12-14-19)20-16-30-23(22(20)24(27)29-4-2)25-21(26)15-10-17-8-6-5-7-9-17/h5-16H,3-4H2,1-2H3,(H,25,26)/b15-10+. The van der Waals surface area contributed by atoms with E-state index in [1.165, 1.54) is 17.4 Å². The van der Waals surface area contributed by atoms with Crippen LogP contribution in [0.5, 0.6) is 5.75 Å². The number of rotatable bonds is 8. The number of esters is 1. The number of carbonyl (C=O) groups is 2.